The summed E-state index contributed by atoms with van der Waals surface area (Å²) in [4.78, 5) is 14.2. The van der Waals surface area contributed by atoms with Gasteiger partial charge >= 0.3 is 0 Å². The largest absolute Gasteiger partial charge is 0.394 e. The number of aliphatic hydroxyl groups is 1. The highest BCUT2D eigenvalue weighted by molar-refractivity contribution is 5.62. The smallest absolute Gasteiger partial charge is 0.295 e. The predicted octanol–water partition coefficient (Wildman–Crippen LogP) is 1.61. The molecule has 0 radical (unpaired) electrons. The van der Waals surface area contributed by atoms with E-state index in [2.05, 4.69) is 10.3 Å². The van der Waals surface area contributed by atoms with Crippen LogP contribution in [0.3, 0.4) is 0 Å². The van der Waals surface area contributed by atoms with E-state index in [1.165, 1.54) is 6.07 Å². The Morgan fingerprint density at radius 3 is 2.90 bits per heavy atom. The number of anilines is 1. The molecule has 1 heterocycles. The first kappa shape index (κ1) is 13.9. The van der Waals surface area contributed by atoms with E-state index in [0.29, 0.717) is 5.69 Å². The van der Waals surface area contributed by atoms with E-state index in [1.807, 2.05) is 0 Å². The average Bonchev–Trinajstić information content (AvgIpc) is 2.83. The van der Waals surface area contributed by atoms with Gasteiger partial charge in [-0.05, 0) is 12.1 Å². The van der Waals surface area contributed by atoms with Crippen LogP contribution in [-0.2, 0) is 7.05 Å². The number of nitro groups is 1. The molecule has 2 rings (SSSR count). The van der Waals surface area contributed by atoms with Crippen molar-refractivity contribution in [1.29, 1.82) is 0 Å². The molecule has 1 aromatic heterocycles. The topological polar surface area (TPSA) is 93.2 Å². The first-order valence-corrected chi connectivity index (χ1v) is 5.80. The molecular formula is C12H13FN4O3. The number of nitrogens with zero attached hydrogens (tertiary/aromatic N) is 3. The third-order valence-corrected chi connectivity index (χ3v) is 2.88. The number of nitro benzene ring substituents is 1. The lowest BCUT2D eigenvalue weighted by atomic mass is 10.2. The molecule has 106 valence electrons. The lowest BCUT2D eigenvalue weighted by molar-refractivity contribution is -0.384. The molecule has 8 heteroatoms. The summed E-state index contributed by atoms with van der Waals surface area (Å²) in [5.41, 5.74) is 0.411. The van der Waals surface area contributed by atoms with Gasteiger partial charge in [-0.1, -0.05) is 0 Å². The van der Waals surface area contributed by atoms with Gasteiger partial charge in [0.15, 0.2) is 0 Å². The van der Waals surface area contributed by atoms with Crippen molar-refractivity contribution in [3.8, 4) is 0 Å². The maximum Gasteiger partial charge on any atom is 0.295 e. The quantitative estimate of drug-likeness (QED) is 0.641. The van der Waals surface area contributed by atoms with Gasteiger partial charge in [0.2, 0.25) is 0 Å². The zero-order valence-corrected chi connectivity index (χ0v) is 10.7. The van der Waals surface area contributed by atoms with Gasteiger partial charge in [-0.15, -0.1) is 0 Å². The van der Waals surface area contributed by atoms with E-state index < -0.39 is 16.8 Å². The number of aryl methyl sites for hydroxylation is 1. The third kappa shape index (κ3) is 2.75. The zero-order chi connectivity index (χ0) is 14.7. The predicted molar refractivity (Wildman–Crippen MR) is 69.7 cm³/mol. The summed E-state index contributed by atoms with van der Waals surface area (Å²) in [5, 5.41) is 23.2. The molecule has 1 aromatic carbocycles. The molecule has 0 aliphatic rings. The van der Waals surface area contributed by atoms with Crippen LogP contribution in [0.5, 0.6) is 0 Å². The Labute approximate surface area is 113 Å². The molecule has 0 bridgehead atoms. The number of benzene rings is 1. The van der Waals surface area contributed by atoms with Crippen molar-refractivity contribution in [2.45, 2.75) is 6.04 Å². The van der Waals surface area contributed by atoms with Crippen LogP contribution < -0.4 is 5.32 Å². The summed E-state index contributed by atoms with van der Waals surface area (Å²) in [6.45, 7) is -0.284. The molecule has 2 aromatic rings. The fourth-order valence-corrected chi connectivity index (χ4v) is 1.88. The fourth-order valence-electron chi connectivity index (χ4n) is 1.88. The van der Waals surface area contributed by atoms with Gasteiger partial charge in [-0.25, -0.2) is 9.37 Å². The van der Waals surface area contributed by atoms with Crippen molar-refractivity contribution < 1.29 is 14.4 Å². The monoisotopic (exact) mass is 280 g/mol. The van der Waals surface area contributed by atoms with Crippen LogP contribution in [0.4, 0.5) is 15.8 Å². The van der Waals surface area contributed by atoms with Gasteiger partial charge < -0.3 is 15.0 Å². The van der Waals surface area contributed by atoms with Gasteiger partial charge in [0.25, 0.3) is 5.69 Å². The molecule has 20 heavy (non-hydrogen) atoms. The van der Waals surface area contributed by atoms with Gasteiger partial charge in [-0.3, -0.25) is 10.1 Å². The van der Waals surface area contributed by atoms with E-state index in [9.17, 15) is 19.6 Å². The molecule has 0 spiro atoms. The fraction of sp³-hybridized carbons (Fsp3) is 0.250. The zero-order valence-electron chi connectivity index (χ0n) is 10.7. The third-order valence-electron chi connectivity index (χ3n) is 2.88. The van der Waals surface area contributed by atoms with E-state index in [-0.39, 0.29) is 18.0 Å². The standard InChI is InChI=1S/C12H13FN4O3/c1-16-7-14-5-12(16)10(6-18)15-9-3-2-8(13)4-11(9)17(19)20/h2-5,7,10,15,18H,6H2,1H3. The SMILES string of the molecule is Cn1cncc1C(CO)Nc1ccc(F)cc1[N+](=O)[O-]. The maximum absolute atomic E-state index is 13.1. The minimum atomic E-state index is -0.691. The van der Waals surface area contributed by atoms with Crippen LogP contribution >= 0.6 is 0 Å². The number of aromatic nitrogens is 2. The molecule has 7 nitrogen and oxygen atoms in total. The lowest BCUT2D eigenvalue weighted by Gasteiger charge is -2.17. The van der Waals surface area contributed by atoms with Gasteiger partial charge in [0.1, 0.15) is 11.5 Å². The molecule has 0 aliphatic heterocycles. The average molecular weight is 280 g/mol. The van der Waals surface area contributed by atoms with Crippen LogP contribution in [0, 0.1) is 15.9 Å². The number of rotatable bonds is 5. The Morgan fingerprint density at radius 1 is 1.60 bits per heavy atom. The minimum absolute atomic E-state index is 0.136. The molecular weight excluding hydrogens is 267 g/mol. The second-order valence-corrected chi connectivity index (χ2v) is 4.23. The van der Waals surface area contributed by atoms with E-state index in [0.717, 1.165) is 12.1 Å². The van der Waals surface area contributed by atoms with Crippen molar-refractivity contribution in [3.63, 3.8) is 0 Å². The highest BCUT2D eigenvalue weighted by Gasteiger charge is 2.20. The molecule has 1 atom stereocenters. The van der Waals surface area contributed by atoms with E-state index >= 15 is 0 Å². The molecule has 0 saturated carbocycles. The summed E-state index contributed by atoms with van der Waals surface area (Å²) in [7, 11) is 1.74. The van der Waals surface area contributed by atoms with Crippen LogP contribution in [0.2, 0.25) is 0 Å². The van der Waals surface area contributed by atoms with Crippen molar-refractivity contribution in [3.05, 3.63) is 52.3 Å². The summed E-state index contributed by atoms with van der Waals surface area (Å²) in [6, 6.07) is 2.64. The van der Waals surface area contributed by atoms with Crippen molar-refractivity contribution in [2.24, 2.45) is 7.05 Å². The Bertz CT molecular complexity index is 629. The van der Waals surface area contributed by atoms with E-state index in [1.54, 1.807) is 24.1 Å². The Morgan fingerprint density at radius 2 is 2.35 bits per heavy atom. The van der Waals surface area contributed by atoms with Gasteiger partial charge in [-0.2, -0.15) is 0 Å². The maximum atomic E-state index is 13.1. The number of imidazole rings is 1. The highest BCUT2D eigenvalue weighted by atomic mass is 19.1. The van der Waals surface area contributed by atoms with Crippen molar-refractivity contribution in [1.82, 2.24) is 9.55 Å². The first-order valence-electron chi connectivity index (χ1n) is 5.80. The van der Waals surface area contributed by atoms with Crippen LogP contribution in [0.25, 0.3) is 0 Å². The molecule has 2 N–H and O–H groups in total. The second-order valence-electron chi connectivity index (χ2n) is 4.23. The molecule has 1 unspecified atom stereocenters. The second kappa shape index (κ2) is 5.66. The van der Waals surface area contributed by atoms with Gasteiger partial charge in [0.05, 0.1) is 41.9 Å². The summed E-state index contributed by atoms with van der Waals surface area (Å²) in [5.74, 6) is -0.691. The number of hydrogen-bond acceptors (Lipinski definition) is 5. The number of hydrogen-bond donors (Lipinski definition) is 2. The highest BCUT2D eigenvalue weighted by Crippen LogP contribution is 2.28. The molecule has 0 fully saturated rings. The Hall–Kier alpha value is -2.48. The van der Waals surface area contributed by atoms with Crippen LogP contribution in [0.1, 0.15) is 11.7 Å². The molecule has 0 saturated heterocycles. The molecule has 0 amide bonds. The minimum Gasteiger partial charge on any atom is -0.394 e. The number of nitrogens with one attached hydrogen (secondary N) is 1. The first-order chi connectivity index (χ1) is 9.52. The number of halogens is 1. The van der Waals surface area contributed by atoms with E-state index in [4.69, 9.17) is 0 Å². The molecule has 0 aliphatic carbocycles. The van der Waals surface area contributed by atoms with Crippen LogP contribution in [0.15, 0.2) is 30.7 Å². The van der Waals surface area contributed by atoms with Crippen molar-refractivity contribution >= 4 is 11.4 Å². The summed E-state index contributed by atoms with van der Waals surface area (Å²) >= 11 is 0. The normalized spacial score (nSPS) is 12.2. The van der Waals surface area contributed by atoms with Crippen LogP contribution in [-0.4, -0.2) is 26.2 Å². The number of aliphatic hydroxyl groups excluding tert-OH is 1. The van der Waals surface area contributed by atoms with Crippen molar-refractivity contribution in [2.75, 3.05) is 11.9 Å². The Kier molecular flexibility index (Phi) is 3.94. The summed E-state index contributed by atoms with van der Waals surface area (Å²) < 4.78 is 14.8. The summed E-state index contributed by atoms with van der Waals surface area (Å²) in [6.07, 6.45) is 3.10. The lowest BCUT2D eigenvalue weighted by Crippen LogP contribution is -2.18. The van der Waals surface area contributed by atoms with Gasteiger partial charge in [0, 0.05) is 7.05 Å². The Balaban J connectivity index is 2.33.